The number of nitrogens with two attached hydrogens (primary N) is 1. The SMILES string of the molecule is C[C@H](CNC(=O)c1cc(N)cc(C(F)(F)F)c1)N(C)C. The zero-order valence-corrected chi connectivity index (χ0v) is 11.6. The van der Waals surface area contributed by atoms with Gasteiger partial charge in [-0.3, -0.25) is 4.79 Å². The molecule has 0 aliphatic rings. The molecule has 1 atom stereocenters. The minimum atomic E-state index is -4.53. The van der Waals surface area contributed by atoms with Crippen LogP contribution in [0.15, 0.2) is 18.2 Å². The zero-order chi connectivity index (χ0) is 15.5. The van der Waals surface area contributed by atoms with Crippen LogP contribution in [0.1, 0.15) is 22.8 Å². The number of anilines is 1. The molecule has 1 aromatic rings. The molecule has 1 amide bonds. The maximum atomic E-state index is 12.6. The van der Waals surface area contributed by atoms with Gasteiger partial charge >= 0.3 is 6.18 Å². The van der Waals surface area contributed by atoms with Gasteiger partial charge in [0.15, 0.2) is 0 Å². The summed E-state index contributed by atoms with van der Waals surface area (Å²) in [5, 5.41) is 2.58. The molecule has 0 heterocycles. The molecule has 0 bridgehead atoms. The van der Waals surface area contributed by atoms with Gasteiger partial charge in [0.2, 0.25) is 0 Å². The van der Waals surface area contributed by atoms with Crippen molar-refractivity contribution in [3.05, 3.63) is 29.3 Å². The topological polar surface area (TPSA) is 58.4 Å². The highest BCUT2D eigenvalue weighted by Crippen LogP contribution is 2.31. The lowest BCUT2D eigenvalue weighted by atomic mass is 10.1. The number of nitrogens with one attached hydrogen (secondary N) is 1. The third-order valence-corrected chi connectivity index (χ3v) is 2.98. The maximum absolute atomic E-state index is 12.6. The number of benzene rings is 1. The number of halogens is 3. The molecule has 0 radical (unpaired) electrons. The fourth-order valence-corrected chi connectivity index (χ4v) is 1.47. The van der Waals surface area contributed by atoms with Crippen LogP contribution in [0, 0.1) is 0 Å². The van der Waals surface area contributed by atoms with Gasteiger partial charge in [-0.05, 0) is 39.2 Å². The molecule has 0 fully saturated rings. The highest BCUT2D eigenvalue weighted by Gasteiger charge is 2.31. The van der Waals surface area contributed by atoms with Crippen molar-refractivity contribution in [1.82, 2.24) is 10.2 Å². The zero-order valence-electron chi connectivity index (χ0n) is 11.6. The predicted octanol–water partition coefficient (Wildman–Crippen LogP) is 1.97. The van der Waals surface area contributed by atoms with E-state index in [0.29, 0.717) is 6.54 Å². The van der Waals surface area contributed by atoms with Gasteiger partial charge in [-0.2, -0.15) is 13.2 Å². The second-order valence-corrected chi connectivity index (χ2v) is 4.86. The number of carbonyl (C=O) groups excluding carboxylic acids is 1. The smallest absolute Gasteiger partial charge is 0.399 e. The Morgan fingerprint density at radius 1 is 1.35 bits per heavy atom. The normalized spacial score (nSPS) is 13.3. The number of amides is 1. The van der Waals surface area contributed by atoms with E-state index in [0.717, 1.165) is 12.1 Å². The monoisotopic (exact) mass is 289 g/mol. The van der Waals surface area contributed by atoms with Crippen LogP contribution >= 0.6 is 0 Å². The number of hydrogen-bond donors (Lipinski definition) is 2. The van der Waals surface area contributed by atoms with E-state index in [2.05, 4.69) is 5.32 Å². The van der Waals surface area contributed by atoms with Gasteiger partial charge in [0.05, 0.1) is 5.56 Å². The molecule has 3 N–H and O–H groups in total. The summed E-state index contributed by atoms with van der Waals surface area (Å²) < 4.78 is 37.9. The standard InChI is InChI=1S/C13H18F3N3O/c1-8(19(2)3)7-18-12(20)9-4-10(13(14,15)16)6-11(17)5-9/h4-6,8H,7,17H2,1-3H3,(H,18,20)/t8-/m1/s1. The molecular weight excluding hydrogens is 271 g/mol. The van der Waals surface area contributed by atoms with Gasteiger partial charge in [-0.25, -0.2) is 0 Å². The summed E-state index contributed by atoms with van der Waals surface area (Å²) in [6, 6.07) is 2.90. The second-order valence-electron chi connectivity index (χ2n) is 4.86. The number of nitrogens with zero attached hydrogens (tertiary/aromatic N) is 1. The van der Waals surface area contributed by atoms with E-state index in [9.17, 15) is 18.0 Å². The Balaban J connectivity index is 2.86. The molecular formula is C13H18F3N3O. The first kappa shape index (κ1) is 16.3. The van der Waals surface area contributed by atoms with Crippen LogP contribution in [0.3, 0.4) is 0 Å². The molecule has 0 aliphatic carbocycles. The van der Waals surface area contributed by atoms with Gasteiger partial charge in [0, 0.05) is 23.8 Å². The second kappa shape index (κ2) is 6.13. The predicted molar refractivity (Wildman–Crippen MR) is 71.3 cm³/mol. The van der Waals surface area contributed by atoms with Crippen LogP contribution in [0.2, 0.25) is 0 Å². The van der Waals surface area contributed by atoms with Crippen molar-refractivity contribution in [2.75, 3.05) is 26.4 Å². The summed E-state index contributed by atoms with van der Waals surface area (Å²) >= 11 is 0. The highest BCUT2D eigenvalue weighted by atomic mass is 19.4. The van der Waals surface area contributed by atoms with Crippen molar-refractivity contribution < 1.29 is 18.0 Å². The molecule has 1 aromatic carbocycles. The number of hydrogen-bond acceptors (Lipinski definition) is 3. The Morgan fingerprint density at radius 3 is 2.45 bits per heavy atom. The third-order valence-electron chi connectivity index (χ3n) is 2.98. The maximum Gasteiger partial charge on any atom is 0.416 e. The van der Waals surface area contributed by atoms with Crippen LogP contribution in [0.25, 0.3) is 0 Å². The first-order chi connectivity index (χ1) is 9.11. The van der Waals surface area contributed by atoms with Crippen molar-refractivity contribution in [3.63, 3.8) is 0 Å². The molecule has 0 aliphatic heterocycles. The molecule has 0 saturated carbocycles. The number of carbonyl (C=O) groups is 1. The van der Waals surface area contributed by atoms with Crippen molar-refractivity contribution in [2.45, 2.75) is 19.1 Å². The van der Waals surface area contributed by atoms with E-state index in [1.165, 1.54) is 6.07 Å². The van der Waals surface area contributed by atoms with E-state index < -0.39 is 17.6 Å². The first-order valence-electron chi connectivity index (χ1n) is 6.03. The van der Waals surface area contributed by atoms with Crippen LogP contribution in [-0.4, -0.2) is 37.5 Å². The van der Waals surface area contributed by atoms with Gasteiger partial charge < -0.3 is 16.0 Å². The molecule has 0 spiro atoms. The Kier molecular flexibility index (Phi) is 4.99. The summed E-state index contributed by atoms with van der Waals surface area (Å²) in [5.41, 5.74) is 4.30. The van der Waals surface area contributed by atoms with Crippen LogP contribution in [0.5, 0.6) is 0 Å². The van der Waals surface area contributed by atoms with E-state index in [4.69, 9.17) is 5.73 Å². The van der Waals surface area contributed by atoms with Crippen LogP contribution in [0.4, 0.5) is 18.9 Å². The summed E-state index contributed by atoms with van der Waals surface area (Å²) in [5.74, 6) is -0.573. The van der Waals surface area contributed by atoms with Gasteiger partial charge in [-0.15, -0.1) is 0 Å². The molecule has 20 heavy (non-hydrogen) atoms. The number of likely N-dealkylation sites (N-methyl/N-ethyl adjacent to an activating group) is 1. The average Bonchev–Trinajstić information content (AvgIpc) is 2.33. The van der Waals surface area contributed by atoms with Crippen molar-refractivity contribution >= 4 is 11.6 Å². The quantitative estimate of drug-likeness (QED) is 0.833. The first-order valence-corrected chi connectivity index (χ1v) is 6.03. The molecule has 0 unspecified atom stereocenters. The fourth-order valence-electron chi connectivity index (χ4n) is 1.47. The van der Waals surface area contributed by atoms with E-state index in [1.807, 2.05) is 25.9 Å². The Hall–Kier alpha value is -1.76. The number of rotatable bonds is 4. The van der Waals surface area contributed by atoms with Crippen LogP contribution in [-0.2, 0) is 6.18 Å². The Morgan fingerprint density at radius 2 is 1.95 bits per heavy atom. The van der Waals surface area contributed by atoms with Gasteiger partial charge in [0.25, 0.3) is 5.91 Å². The number of nitrogen functional groups attached to an aromatic ring is 1. The minimum absolute atomic E-state index is 0.0714. The lowest BCUT2D eigenvalue weighted by molar-refractivity contribution is -0.137. The average molecular weight is 289 g/mol. The van der Waals surface area contributed by atoms with E-state index in [1.54, 1.807) is 0 Å². The molecule has 4 nitrogen and oxygen atoms in total. The Labute approximate surface area is 115 Å². The number of alkyl halides is 3. The molecule has 0 saturated heterocycles. The lowest BCUT2D eigenvalue weighted by Gasteiger charge is -2.20. The van der Waals surface area contributed by atoms with Gasteiger partial charge in [0.1, 0.15) is 0 Å². The summed E-state index contributed by atoms with van der Waals surface area (Å²) in [6.07, 6.45) is -4.53. The molecule has 1 rings (SSSR count). The third kappa shape index (κ3) is 4.41. The largest absolute Gasteiger partial charge is 0.416 e. The van der Waals surface area contributed by atoms with E-state index in [-0.39, 0.29) is 17.3 Å². The summed E-state index contributed by atoms with van der Waals surface area (Å²) in [6.45, 7) is 2.22. The van der Waals surface area contributed by atoms with Crippen molar-refractivity contribution in [2.24, 2.45) is 0 Å². The summed E-state index contributed by atoms with van der Waals surface area (Å²) in [4.78, 5) is 13.7. The Bertz CT molecular complexity index is 486. The molecule has 112 valence electrons. The van der Waals surface area contributed by atoms with Crippen molar-refractivity contribution in [3.8, 4) is 0 Å². The van der Waals surface area contributed by atoms with Crippen molar-refractivity contribution in [1.29, 1.82) is 0 Å². The molecule has 0 aromatic heterocycles. The summed E-state index contributed by atoms with van der Waals surface area (Å²) in [7, 11) is 3.69. The van der Waals surface area contributed by atoms with E-state index >= 15 is 0 Å². The fraction of sp³-hybridized carbons (Fsp3) is 0.462. The highest BCUT2D eigenvalue weighted by molar-refractivity contribution is 5.95. The lowest BCUT2D eigenvalue weighted by Crippen LogP contribution is -2.38. The minimum Gasteiger partial charge on any atom is -0.399 e. The molecule has 7 heteroatoms. The van der Waals surface area contributed by atoms with Crippen LogP contribution < -0.4 is 11.1 Å². The van der Waals surface area contributed by atoms with Gasteiger partial charge in [-0.1, -0.05) is 0 Å².